The molecule has 5 nitrogen and oxygen atoms in total. The van der Waals surface area contributed by atoms with Crippen LogP contribution in [-0.2, 0) is 14.3 Å². The minimum Gasteiger partial charge on any atom is -0.490 e. The van der Waals surface area contributed by atoms with Gasteiger partial charge in [-0.1, -0.05) is 42.0 Å². The summed E-state index contributed by atoms with van der Waals surface area (Å²) in [6.07, 6.45) is 3.71. The molecule has 0 radical (unpaired) electrons. The highest BCUT2D eigenvalue weighted by Crippen LogP contribution is 2.33. The van der Waals surface area contributed by atoms with Crippen molar-refractivity contribution in [1.29, 1.82) is 0 Å². The first-order valence-corrected chi connectivity index (χ1v) is 8.96. The van der Waals surface area contributed by atoms with Gasteiger partial charge in [0, 0.05) is 13.1 Å². The molecule has 0 saturated heterocycles. The molecule has 0 N–H and O–H groups in total. The molecule has 1 amide bonds. The first kappa shape index (κ1) is 18.7. The Morgan fingerprint density at radius 1 is 1.04 bits per heavy atom. The maximum atomic E-state index is 12.3. The van der Waals surface area contributed by atoms with E-state index in [1.54, 1.807) is 11.1 Å². The standard InChI is InChI=1S/C22H23NO4/c1-16-7-9-19(10-8-16)26-13-14-27-22(25)15-21-20-6-4-3-5-18(20)11-12-23(21)17(2)24/h3-12,21H,13-15H2,1-2H3/t21-/m1/s1. The van der Waals surface area contributed by atoms with Gasteiger partial charge in [-0.3, -0.25) is 9.59 Å². The van der Waals surface area contributed by atoms with Crippen molar-refractivity contribution in [1.82, 2.24) is 4.90 Å². The van der Waals surface area contributed by atoms with Gasteiger partial charge in [-0.25, -0.2) is 0 Å². The summed E-state index contributed by atoms with van der Waals surface area (Å²) in [7, 11) is 0. The number of ether oxygens (including phenoxy) is 2. The highest BCUT2D eigenvalue weighted by molar-refractivity contribution is 5.80. The van der Waals surface area contributed by atoms with Crippen molar-refractivity contribution in [3.63, 3.8) is 0 Å². The number of hydrogen-bond donors (Lipinski definition) is 0. The summed E-state index contributed by atoms with van der Waals surface area (Å²) in [6, 6.07) is 15.1. The number of rotatable bonds is 6. The van der Waals surface area contributed by atoms with Gasteiger partial charge in [-0.15, -0.1) is 0 Å². The molecule has 0 saturated carbocycles. The van der Waals surface area contributed by atoms with E-state index in [1.807, 2.05) is 61.5 Å². The monoisotopic (exact) mass is 365 g/mol. The molecule has 1 heterocycles. The minimum atomic E-state index is -0.358. The van der Waals surface area contributed by atoms with Crippen molar-refractivity contribution in [2.45, 2.75) is 26.3 Å². The Hall–Kier alpha value is -3.08. The maximum absolute atomic E-state index is 12.3. The molecule has 2 aromatic rings. The van der Waals surface area contributed by atoms with Gasteiger partial charge in [0.05, 0.1) is 12.5 Å². The van der Waals surface area contributed by atoms with Crippen LogP contribution >= 0.6 is 0 Å². The van der Waals surface area contributed by atoms with Crippen molar-refractivity contribution in [2.24, 2.45) is 0 Å². The summed E-state index contributed by atoms with van der Waals surface area (Å²) in [5, 5.41) is 0. The van der Waals surface area contributed by atoms with Gasteiger partial charge < -0.3 is 14.4 Å². The van der Waals surface area contributed by atoms with E-state index >= 15 is 0 Å². The highest BCUT2D eigenvalue weighted by Gasteiger charge is 2.28. The third-order valence-corrected chi connectivity index (χ3v) is 4.47. The van der Waals surface area contributed by atoms with E-state index < -0.39 is 0 Å². The van der Waals surface area contributed by atoms with E-state index in [-0.39, 0.29) is 37.6 Å². The van der Waals surface area contributed by atoms with E-state index in [0.29, 0.717) is 0 Å². The van der Waals surface area contributed by atoms with Crippen LogP contribution in [0.5, 0.6) is 5.75 Å². The number of carbonyl (C=O) groups excluding carboxylic acids is 2. The first-order chi connectivity index (χ1) is 13.0. The molecule has 3 rings (SSSR count). The second-order valence-corrected chi connectivity index (χ2v) is 6.47. The average Bonchev–Trinajstić information content (AvgIpc) is 2.66. The molecule has 0 aliphatic carbocycles. The van der Waals surface area contributed by atoms with Gasteiger partial charge in [0.1, 0.15) is 19.0 Å². The molecule has 1 aliphatic rings. The zero-order chi connectivity index (χ0) is 19.2. The number of amides is 1. The predicted octanol–water partition coefficient (Wildman–Crippen LogP) is 3.88. The summed E-state index contributed by atoms with van der Waals surface area (Å²) in [6.45, 7) is 3.95. The lowest BCUT2D eigenvalue weighted by atomic mass is 9.94. The van der Waals surface area contributed by atoms with Gasteiger partial charge in [0.25, 0.3) is 0 Å². The van der Waals surface area contributed by atoms with Crippen molar-refractivity contribution in [2.75, 3.05) is 13.2 Å². The van der Waals surface area contributed by atoms with E-state index in [1.165, 1.54) is 6.92 Å². The summed E-state index contributed by atoms with van der Waals surface area (Å²) in [5.41, 5.74) is 3.11. The number of carbonyl (C=O) groups is 2. The number of aryl methyl sites for hydroxylation is 1. The van der Waals surface area contributed by atoms with Crippen LogP contribution in [0.1, 0.15) is 36.1 Å². The van der Waals surface area contributed by atoms with Crippen LogP contribution in [0, 0.1) is 6.92 Å². The zero-order valence-electron chi connectivity index (χ0n) is 15.6. The summed E-state index contributed by atoms with van der Waals surface area (Å²) >= 11 is 0. The summed E-state index contributed by atoms with van der Waals surface area (Å²) < 4.78 is 10.9. The molecule has 0 bridgehead atoms. The Morgan fingerprint density at radius 3 is 2.52 bits per heavy atom. The lowest BCUT2D eigenvalue weighted by Crippen LogP contribution is -2.32. The molecule has 5 heteroatoms. The number of hydrogen-bond acceptors (Lipinski definition) is 4. The van der Waals surface area contributed by atoms with Crippen LogP contribution in [-0.4, -0.2) is 30.0 Å². The molecule has 1 atom stereocenters. The molecule has 2 aromatic carbocycles. The average molecular weight is 365 g/mol. The van der Waals surface area contributed by atoms with E-state index in [4.69, 9.17) is 9.47 Å². The summed E-state index contributed by atoms with van der Waals surface area (Å²) in [5.74, 6) is 0.274. The van der Waals surface area contributed by atoms with Gasteiger partial charge in [0.2, 0.25) is 5.91 Å². The molecule has 1 aliphatic heterocycles. The summed E-state index contributed by atoms with van der Waals surface area (Å²) in [4.78, 5) is 25.8. The normalized spacial score (nSPS) is 15.2. The van der Waals surface area contributed by atoms with Gasteiger partial charge in [-0.05, 0) is 36.3 Å². The van der Waals surface area contributed by atoms with Gasteiger partial charge in [0.15, 0.2) is 0 Å². The fraction of sp³-hybridized carbons (Fsp3) is 0.273. The smallest absolute Gasteiger partial charge is 0.308 e. The quantitative estimate of drug-likeness (QED) is 0.576. The van der Waals surface area contributed by atoms with Gasteiger partial charge >= 0.3 is 5.97 Å². The predicted molar refractivity (Wildman–Crippen MR) is 103 cm³/mol. The van der Waals surface area contributed by atoms with Crippen LogP contribution in [0.3, 0.4) is 0 Å². The van der Waals surface area contributed by atoms with E-state index in [0.717, 1.165) is 22.4 Å². The number of fused-ring (bicyclic) bond motifs is 1. The number of nitrogens with zero attached hydrogens (tertiary/aromatic N) is 1. The Bertz CT molecular complexity index is 842. The Kier molecular flexibility index (Phi) is 5.91. The second kappa shape index (κ2) is 8.54. The molecule has 0 fully saturated rings. The van der Waals surface area contributed by atoms with Crippen molar-refractivity contribution < 1.29 is 19.1 Å². The Morgan fingerprint density at radius 2 is 1.78 bits per heavy atom. The highest BCUT2D eigenvalue weighted by atomic mass is 16.6. The van der Waals surface area contributed by atoms with Crippen molar-refractivity contribution >= 4 is 18.0 Å². The third kappa shape index (κ3) is 4.76. The molecule has 140 valence electrons. The van der Waals surface area contributed by atoms with Crippen LogP contribution in [0.4, 0.5) is 0 Å². The van der Waals surface area contributed by atoms with Crippen LogP contribution in [0.25, 0.3) is 6.08 Å². The topological polar surface area (TPSA) is 55.8 Å². The Labute approximate surface area is 159 Å². The molecular formula is C22H23NO4. The van der Waals surface area contributed by atoms with Crippen molar-refractivity contribution in [3.05, 3.63) is 71.4 Å². The fourth-order valence-corrected chi connectivity index (χ4v) is 3.08. The molecule has 27 heavy (non-hydrogen) atoms. The molecule has 0 unspecified atom stereocenters. The first-order valence-electron chi connectivity index (χ1n) is 8.96. The minimum absolute atomic E-state index is 0.103. The largest absolute Gasteiger partial charge is 0.490 e. The van der Waals surface area contributed by atoms with Crippen LogP contribution in [0.15, 0.2) is 54.7 Å². The molecule has 0 spiro atoms. The van der Waals surface area contributed by atoms with Crippen LogP contribution in [0.2, 0.25) is 0 Å². The van der Waals surface area contributed by atoms with Crippen molar-refractivity contribution in [3.8, 4) is 5.75 Å². The zero-order valence-corrected chi connectivity index (χ0v) is 15.6. The number of esters is 1. The fourth-order valence-electron chi connectivity index (χ4n) is 3.08. The lowest BCUT2D eigenvalue weighted by molar-refractivity contribution is -0.146. The number of benzene rings is 2. The van der Waals surface area contributed by atoms with E-state index in [2.05, 4.69) is 0 Å². The van der Waals surface area contributed by atoms with Gasteiger partial charge in [-0.2, -0.15) is 0 Å². The maximum Gasteiger partial charge on any atom is 0.308 e. The van der Waals surface area contributed by atoms with Crippen LogP contribution < -0.4 is 4.74 Å². The molecule has 0 aromatic heterocycles. The SMILES string of the molecule is CC(=O)N1C=Cc2ccccc2[C@H]1CC(=O)OCCOc1ccc(C)cc1. The van der Waals surface area contributed by atoms with E-state index in [9.17, 15) is 9.59 Å². The Balaban J connectivity index is 1.55. The lowest BCUT2D eigenvalue weighted by Gasteiger charge is -2.32. The molecular weight excluding hydrogens is 342 g/mol. The second-order valence-electron chi connectivity index (χ2n) is 6.47. The third-order valence-electron chi connectivity index (χ3n) is 4.47.